The van der Waals surface area contributed by atoms with Crippen LogP contribution >= 0.6 is 23.2 Å². The molecule has 0 saturated heterocycles. The van der Waals surface area contributed by atoms with Gasteiger partial charge in [-0.25, -0.2) is 4.21 Å². The molecule has 2 atom stereocenters. The predicted octanol–water partition coefficient (Wildman–Crippen LogP) is 4.64. The van der Waals surface area contributed by atoms with Crippen LogP contribution in [0.25, 0.3) is 0 Å². The van der Waals surface area contributed by atoms with Gasteiger partial charge in [0.15, 0.2) is 0 Å². The van der Waals surface area contributed by atoms with Crippen molar-refractivity contribution >= 4 is 46.1 Å². The summed E-state index contributed by atoms with van der Waals surface area (Å²) in [5.41, 5.74) is 2.33. The highest BCUT2D eigenvalue weighted by atomic mass is 35.5. The van der Waals surface area contributed by atoms with E-state index in [1.165, 1.54) is 4.31 Å². The molecular weight excluding hydrogens is 471 g/mol. The fraction of sp³-hybridized carbons (Fsp3) is 0.174. The maximum absolute atomic E-state index is 12.4. The summed E-state index contributed by atoms with van der Waals surface area (Å²) in [5, 5.41) is 13.7. The Labute approximate surface area is 199 Å². The number of aliphatic hydroxyl groups is 1. The van der Waals surface area contributed by atoms with Gasteiger partial charge in [-0.05, 0) is 47.9 Å². The molecule has 0 aliphatic carbocycles. The molecule has 168 valence electrons. The van der Waals surface area contributed by atoms with Gasteiger partial charge in [-0.3, -0.25) is 13.7 Å². The zero-order chi connectivity index (χ0) is 23.1. The SMILES string of the molecule is O=C(NCC(O)c1ccccc1)c1ccc(N(CCc2cccc(Cl)c2Cl)S(=O)O)cc1. The van der Waals surface area contributed by atoms with Crippen molar-refractivity contribution in [2.45, 2.75) is 12.5 Å². The first-order valence-electron chi connectivity index (χ1n) is 9.79. The summed E-state index contributed by atoms with van der Waals surface area (Å²) in [5.74, 6) is -0.353. The van der Waals surface area contributed by atoms with Crippen LogP contribution < -0.4 is 9.62 Å². The van der Waals surface area contributed by atoms with Crippen LogP contribution in [-0.2, 0) is 17.7 Å². The molecule has 0 aliphatic rings. The van der Waals surface area contributed by atoms with Crippen molar-refractivity contribution in [1.82, 2.24) is 5.32 Å². The molecule has 3 rings (SSSR count). The molecule has 0 saturated carbocycles. The van der Waals surface area contributed by atoms with Gasteiger partial charge in [-0.2, -0.15) is 0 Å². The van der Waals surface area contributed by atoms with Crippen molar-refractivity contribution in [1.29, 1.82) is 0 Å². The van der Waals surface area contributed by atoms with Crippen LogP contribution in [0.3, 0.4) is 0 Å². The van der Waals surface area contributed by atoms with E-state index in [2.05, 4.69) is 5.32 Å². The predicted molar refractivity (Wildman–Crippen MR) is 128 cm³/mol. The normalized spacial score (nSPS) is 12.8. The minimum absolute atomic E-state index is 0.0672. The lowest BCUT2D eigenvalue weighted by Gasteiger charge is -2.20. The van der Waals surface area contributed by atoms with Crippen LogP contribution in [-0.4, -0.2) is 32.9 Å². The monoisotopic (exact) mass is 492 g/mol. The second-order valence-corrected chi connectivity index (χ2v) is 8.67. The maximum atomic E-state index is 12.4. The first kappa shape index (κ1) is 24.2. The lowest BCUT2D eigenvalue weighted by Crippen LogP contribution is -2.29. The van der Waals surface area contributed by atoms with Crippen molar-refractivity contribution < 1.29 is 18.7 Å². The largest absolute Gasteiger partial charge is 0.387 e. The summed E-state index contributed by atoms with van der Waals surface area (Å²) in [6, 6.07) is 20.6. The number of carbonyl (C=O) groups is 1. The van der Waals surface area contributed by atoms with Gasteiger partial charge in [-0.15, -0.1) is 0 Å². The summed E-state index contributed by atoms with van der Waals surface area (Å²) in [4.78, 5) is 12.4. The van der Waals surface area contributed by atoms with E-state index in [1.54, 1.807) is 48.5 Å². The van der Waals surface area contributed by atoms with Crippen LogP contribution in [0.4, 0.5) is 5.69 Å². The van der Waals surface area contributed by atoms with E-state index < -0.39 is 17.4 Å². The third kappa shape index (κ3) is 6.31. The molecule has 2 unspecified atom stereocenters. The first-order valence-corrected chi connectivity index (χ1v) is 11.6. The standard InChI is InChI=1S/C23H22Cl2N2O4S/c24-20-8-4-7-17(22(20)25)13-14-27(32(30)31)19-11-9-18(10-12-19)23(29)26-15-21(28)16-5-2-1-3-6-16/h1-12,21,28H,13-15H2,(H,26,29)(H,30,31). The lowest BCUT2D eigenvalue weighted by atomic mass is 10.1. The Balaban J connectivity index is 1.62. The van der Waals surface area contributed by atoms with Gasteiger partial charge < -0.3 is 10.4 Å². The number of hydrogen-bond acceptors (Lipinski definition) is 3. The Hall–Kier alpha value is -2.42. The summed E-state index contributed by atoms with van der Waals surface area (Å²) in [6.45, 7) is 0.287. The number of rotatable bonds is 9. The Morgan fingerprint density at radius 1 is 1.00 bits per heavy atom. The van der Waals surface area contributed by atoms with Crippen LogP contribution in [0.1, 0.15) is 27.6 Å². The minimum atomic E-state index is -2.26. The molecule has 0 aromatic heterocycles. The molecule has 3 aromatic rings. The number of amides is 1. The number of benzene rings is 3. The van der Waals surface area contributed by atoms with Crippen molar-refractivity contribution in [2.75, 3.05) is 17.4 Å². The minimum Gasteiger partial charge on any atom is -0.387 e. The molecule has 0 bridgehead atoms. The summed E-state index contributed by atoms with van der Waals surface area (Å²) in [6.07, 6.45) is -0.407. The zero-order valence-electron chi connectivity index (χ0n) is 16.9. The highest BCUT2D eigenvalue weighted by Crippen LogP contribution is 2.26. The van der Waals surface area contributed by atoms with Gasteiger partial charge in [0.05, 0.1) is 21.8 Å². The zero-order valence-corrected chi connectivity index (χ0v) is 19.3. The van der Waals surface area contributed by atoms with Gasteiger partial charge in [0, 0.05) is 18.7 Å². The van der Waals surface area contributed by atoms with Gasteiger partial charge >= 0.3 is 0 Å². The van der Waals surface area contributed by atoms with Crippen molar-refractivity contribution in [3.8, 4) is 0 Å². The Bertz CT molecular complexity index is 1080. The number of aliphatic hydroxyl groups excluding tert-OH is 1. The Morgan fingerprint density at radius 3 is 2.34 bits per heavy atom. The number of anilines is 1. The summed E-state index contributed by atoms with van der Waals surface area (Å²) in [7, 11) is 0. The fourth-order valence-electron chi connectivity index (χ4n) is 3.12. The fourth-order valence-corrected chi connectivity index (χ4v) is 4.09. The molecular formula is C23H22Cl2N2O4S. The second-order valence-electron chi connectivity index (χ2n) is 6.98. The molecule has 0 spiro atoms. The van der Waals surface area contributed by atoms with Crippen LogP contribution in [0, 0.1) is 0 Å². The van der Waals surface area contributed by atoms with Crippen molar-refractivity contribution in [3.63, 3.8) is 0 Å². The molecule has 1 amide bonds. The van der Waals surface area contributed by atoms with Crippen molar-refractivity contribution in [3.05, 3.63) is 99.5 Å². The number of halogens is 2. The molecule has 0 heterocycles. The lowest BCUT2D eigenvalue weighted by molar-refractivity contribution is 0.0916. The van der Waals surface area contributed by atoms with E-state index in [4.69, 9.17) is 23.2 Å². The third-order valence-corrected chi connectivity index (χ3v) is 6.49. The van der Waals surface area contributed by atoms with Gasteiger partial charge in [0.1, 0.15) is 0 Å². The number of nitrogens with zero attached hydrogens (tertiary/aromatic N) is 1. The van der Waals surface area contributed by atoms with Crippen LogP contribution in [0.15, 0.2) is 72.8 Å². The molecule has 3 aromatic carbocycles. The van der Waals surface area contributed by atoms with E-state index in [0.29, 0.717) is 33.3 Å². The Morgan fingerprint density at radius 2 is 1.69 bits per heavy atom. The Kier molecular flexibility index (Phi) is 8.67. The summed E-state index contributed by atoms with van der Waals surface area (Å²) < 4.78 is 22.9. The molecule has 0 radical (unpaired) electrons. The van der Waals surface area contributed by atoms with Crippen LogP contribution in [0.2, 0.25) is 10.0 Å². The first-order chi connectivity index (χ1) is 15.4. The van der Waals surface area contributed by atoms with E-state index in [9.17, 15) is 18.7 Å². The molecule has 32 heavy (non-hydrogen) atoms. The molecule has 0 aliphatic heterocycles. The van der Waals surface area contributed by atoms with E-state index in [1.807, 2.05) is 24.3 Å². The quantitative estimate of drug-likeness (QED) is 0.379. The summed E-state index contributed by atoms with van der Waals surface area (Å²) >= 11 is 9.96. The van der Waals surface area contributed by atoms with Crippen LogP contribution in [0.5, 0.6) is 0 Å². The average molecular weight is 493 g/mol. The average Bonchev–Trinajstić information content (AvgIpc) is 2.80. The van der Waals surface area contributed by atoms with Gasteiger partial charge in [0.2, 0.25) is 0 Å². The number of nitrogens with one attached hydrogen (secondary N) is 1. The molecule has 9 heteroatoms. The number of hydrogen-bond donors (Lipinski definition) is 3. The highest BCUT2D eigenvalue weighted by molar-refractivity contribution is 7.80. The topological polar surface area (TPSA) is 89.9 Å². The second kappa shape index (κ2) is 11.4. The maximum Gasteiger partial charge on any atom is 0.261 e. The van der Waals surface area contributed by atoms with E-state index >= 15 is 0 Å². The smallest absolute Gasteiger partial charge is 0.261 e. The molecule has 0 fully saturated rings. The van der Waals surface area contributed by atoms with E-state index in [0.717, 1.165) is 5.56 Å². The molecule has 3 N–H and O–H groups in total. The van der Waals surface area contributed by atoms with Gasteiger partial charge in [0.25, 0.3) is 17.2 Å². The molecule has 6 nitrogen and oxygen atoms in total. The van der Waals surface area contributed by atoms with Crippen molar-refractivity contribution in [2.24, 2.45) is 0 Å². The van der Waals surface area contributed by atoms with Gasteiger partial charge in [-0.1, -0.05) is 65.7 Å². The highest BCUT2D eigenvalue weighted by Gasteiger charge is 2.16. The third-order valence-electron chi connectivity index (χ3n) is 4.86. The van der Waals surface area contributed by atoms with E-state index in [-0.39, 0.29) is 19.0 Å². The number of carbonyl (C=O) groups excluding carboxylic acids is 1.